The Hall–Kier alpha value is -2.82. The van der Waals surface area contributed by atoms with Crippen LogP contribution in [0.15, 0.2) is 48.5 Å². The Labute approximate surface area is 129 Å². The molecule has 5 nitrogen and oxygen atoms in total. The molecule has 3 aromatic rings. The highest BCUT2D eigenvalue weighted by molar-refractivity contribution is 5.90. The number of hydrogen-bond donors (Lipinski definition) is 3. The maximum absolute atomic E-state index is 9.54. The van der Waals surface area contributed by atoms with Crippen molar-refractivity contribution in [2.24, 2.45) is 0 Å². The fraction of sp³-hybridized carbons (Fsp3) is 0.176. The van der Waals surface area contributed by atoms with Crippen LogP contribution in [0, 0.1) is 0 Å². The zero-order chi connectivity index (χ0) is 15.5. The van der Waals surface area contributed by atoms with Gasteiger partial charge in [-0.25, -0.2) is 4.98 Å². The summed E-state index contributed by atoms with van der Waals surface area (Å²) in [6.07, 6.45) is 0. The Bertz CT molecular complexity index is 802. The van der Waals surface area contributed by atoms with Crippen LogP contribution in [-0.4, -0.2) is 21.1 Å². The van der Waals surface area contributed by atoms with E-state index in [1.165, 1.54) is 0 Å². The molecule has 2 aromatic carbocycles. The predicted octanol–water partition coefficient (Wildman–Crippen LogP) is 3.90. The van der Waals surface area contributed by atoms with Gasteiger partial charge in [0, 0.05) is 23.2 Å². The van der Waals surface area contributed by atoms with Crippen LogP contribution in [-0.2, 0) is 0 Å². The summed E-state index contributed by atoms with van der Waals surface area (Å²) in [7, 11) is 0. The van der Waals surface area contributed by atoms with Crippen molar-refractivity contribution in [3.05, 3.63) is 48.5 Å². The lowest BCUT2D eigenvalue weighted by atomic mass is 10.2. The van der Waals surface area contributed by atoms with E-state index in [2.05, 4.69) is 34.4 Å². The van der Waals surface area contributed by atoms with Crippen molar-refractivity contribution in [2.75, 3.05) is 10.6 Å². The quantitative estimate of drug-likeness (QED) is 0.681. The van der Waals surface area contributed by atoms with Gasteiger partial charge in [-0.1, -0.05) is 18.2 Å². The van der Waals surface area contributed by atoms with E-state index in [0.29, 0.717) is 5.95 Å². The third kappa shape index (κ3) is 3.09. The maximum Gasteiger partial charge on any atom is 0.229 e. The van der Waals surface area contributed by atoms with Crippen molar-refractivity contribution in [3.63, 3.8) is 0 Å². The van der Waals surface area contributed by atoms with Crippen LogP contribution >= 0.6 is 0 Å². The van der Waals surface area contributed by atoms with Crippen LogP contribution in [0.3, 0.4) is 0 Å². The number of phenolic OH excluding ortho intramolecular Hbond substituents is 1. The first kappa shape index (κ1) is 14.1. The molecule has 22 heavy (non-hydrogen) atoms. The lowest BCUT2D eigenvalue weighted by Gasteiger charge is -2.14. The monoisotopic (exact) mass is 294 g/mol. The van der Waals surface area contributed by atoms with E-state index in [-0.39, 0.29) is 11.8 Å². The fourth-order valence-corrected chi connectivity index (χ4v) is 2.23. The molecule has 3 rings (SSSR count). The lowest BCUT2D eigenvalue weighted by Crippen LogP contribution is -2.12. The van der Waals surface area contributed by atoms with Gasteiger partial charge in [0.05, 0.1) is 5.52 Å². The van der Waals surface area contributed by atoms with Crippen LogP contribution in [0.5, 0.6) is 5.75 Å². The van der Waals surface area contributed by atoms with Crippen LogP contribution < -0.4 is 10.6 Å². The molecular weight excluding hydrogens is 276 g/mol. The summed E-state index contributed by atoms with van der Waals surface area (Å²) in [5.74, 6) is 1.49. The molecule has 0 spiro atoms. The van der Waals surface area contributed by atoms with E-state index >= 15 is 0 Å². The normalized spacial score (nSPS) is 10.9. The molecule has 0 saturated carbocycles. The minimum atomic E-state index is 0.200. The van der Waals surface area contributed by atoms with Crippen LogP contribution in [0.1, 0.15) is 13.8 Å². The summed E-state index contributed by atoms with van der Waals surface area (Å²) >= 11 is 0. The van der Waals surface area contributed by atoms with Crippen molar-refractivity contribution in [1.29, 1.82) is 0 Å². The molecule has 0 saturated heterocycles. The largest absolute Gasteiger partial charge is 0.508 e. The molecule has 0 unspecified atom stereocenters. The number of anilines is 3. The zero-order valence-electron chi connectivity index (χ0n) is 12.5. The van der Waals surface area contributed by atoms with Crippen molar-refractivity contribution >= 4 is 28.4 Å². The second-order valence-electron chi connectivity index (χ2n) is 5.39. The van der Waals surface area contributed by atoms with Gasteiger partial charge in [-0.2, -0.15) is 4.98 Å². The predicted molar refractivity (Wildman–Crippen MR) is 89.7 cm³/mol. The summed E-state index contributed by atoms with van der Waals surface area (Å²) in [5, 5.41) is 17.0. The number of para-hydroxylation sites is 1. The van der Waals surface area contributed by atoms with Gasteiger partial charge in [-0.05, 0) is 38.1 Å². The minimum absolute atomic E-state index is 0.200. The number of rotatable bonds is 4. The molecule has 0 amide bonds. The van der Waals surface area contributed by atoms with Gasteiger partial charge in [0.25, 0.3) is 0 Å². The van der Waals surface area contributed by atoms with Gasteiger partial charge in [0.1, 0.15) is 11.6 Å². The number of benzene rings is 2. The van der Waals surface area contributed by atoms with Gasteiger partial charge in [-0.3, -0.25) is 0 Å². The van der Waals surface area contributed by atoms with Crippen molar-refractivity contribution in [3.8, 4) is 5.75 Å². The number of aromatic nitrogens is 2. The summed E-state index contributed by atoms with van der Waals surface area (Å²) in [6.45, 7) is 4.14. The highest BCUT2D eigenvalue weighted by Gasteiger charge is 2.08. The highest BCUT2D eigenvalue weighted by atomic mass is 16.3. The zero-order valence-corrected chi connectivity index (χ0v) is 12.5. The molecule has 112 valence electrons. The van der Waals surface area contributed by atoms with Gasteiger partial charge in [0.15, 0.2) is 0 Å². The molecule has 1 heterocycles. The molecule has 0 aliphatic carbocycles. The number of phenols is 1. The van der Waals surface area contributed by atoms with Gasteiger partial charge < -0.3 is 15.7 Å². The van der Waals surface area contributed by atoms with Crippen molar-refractivity contribution in [2.45, 2.75) is 19.9 Å². The second kappa shape index (κ2) is 5.89. The number of nitrogens with zero attached hydrogens (tertiary/aromatic N) is 2. The first-order valence-electron chi connectivity index (χ1n) is 7.21. The summed E-state index contributed by atoms with van der Waals surface area (Å²) in [5.41, 5.74) is 1.61. The SMILES string of the molecule is CC(C)Nc1nc(Nc2cccc(O)c2)nc2ccccc12. The highest BCUT2D eigenvalue weighted by Crippen LogP contribution is 2.25. The third-order valence-corrected chi connectivity index (χ3v) is 3.13. The fourth-order valence-electron chi connectivity index (χ4n) is 2.23. The number of nitrogens with one attached hydrogen (secondary N) is 2. The number of hydrogen-bond acceptors (Lipinski definition) is 5. The van der Waals surface area contributed by atoms with E-state index in [1.54, 1.807) is 18.2 Å². The molecule has 1 aromatic heterocycles. The number of aromatic hydroxyl groups is 1. The second-order valence-corrected chi connectivity index (χ2v) is 5.39. The molecule has 0 aliphatic heterocycles. The van der Waals surface area contributed by atoms with E-state index in [9.17, 15) is 5.11 Å². The minimum Gasteiger partial charge on any atom is -0.508 e. The van der Waals surface area contributed by atoms with Gasteiger partial charge in [0.2, 0.25) is 5.95 Å². The van der Waals surface area contributed by atoms with E-state index in [4.69, 9.17) is 0 Å². The maximum atomic E-state index is 9.54. The molecule has 0 radical (unpaired) electrons. The molecule has 0 bridgehead atoms. The third-order valence-electron chi connectivity index (χ3n) is 3.13. The van der Waals surface area contributed by atoms with Crippen LogP contribution in [0.2, 0.25) is 0 Å². The van der Waals surface area contributed by atoms with Gasteiger partial charge >= 0.3 is 0 Å². The summed E-state index contributed by atoms with van der Waals surface area (Å²) in [4.78, 5) is 9.08. The molecular formula is C17H18N4O. The Morgan fingerprint density at radius 1 is 1.00 bits per heavy atom. The summed E-state index contributed by atoms with van der Waals surface area (Å²) < 4.78 is 0. The van der Waals surface area contributed by atoms with E-state index in [1.807, 2.05) is 30.3 Å². The average molecular weight is 294 g/mol. The molecule has 3 N–H and O–H groups in total. The van der Waals surface area contributed by atoms with Crippen molar-refractivity contribution < 1.29 is 5.11 Å². The van der Waals surface area contributed by atoms with Crippen LogP contribution in [0.25, 0.3) is 10.9 Å². The number of fused-ring (bicyclic) bond motifs is 1. The smallest absolute Gasteiger partial charge is 0.229 e. The summed E-state index contributed by atoms with van der Waals surface area (Å²) in [6, 6.07) is 15.0. The molecule has 0 fully saturated rings. The molecule has 0 aliphatic rings. The lowest BCUT2D eigenvalue weighted by molar-refractivity contribution is 0.475. The Morgan fingerprint density at radius 2 is 1.82 bits per heavy atom. The topological polar surface area (TPSA) is 70.1 Å². The Morgan fingerprint density at radius 3 is 2.59 bits per heavy atom. The molecule has 0 atom stereocenters. The first-order chi connectivity index (χ1) is 10.6. The van der Waals surface area contributed by atoms with E-state index < -0.39 is 0 Å². The van der Waals surface area contributed by atoms with Crippen molar-refractivity contribution in [1.82, 2.24) is 9.97 Å². The van der Waals surface area contributed by atoms with Crippen LogP contribution in [0.4, 0.5) is 17.5 Å². The first-order valence-corrected chi connectivity index (χ1v) is 7.21. The standard InChI is InChI=1S/C17H18N4O/c1-11(2)18-16-14-8-3-4-9-15(14)20-17(21-16)19-12-6-5-7-13(22)10-12/h3-11,22H,1-2H3,(H2,18,19,20,21). The van der Waals surface area contributed by atoms with E-state index in [0.717, 1.165) is 22.4 Å². The molecule has 5 heteroatoms. The van der Waals surface area contributed by atoms with Gasteiger partial charge in [-0.15, -0.1) is 0 Å². The Kier molecular flexibility index (Phi) is 3.78. The average Bonchev–Trinajstić information content (AvgIpc) is 2.46. The Balaban J connectivity index is 2.02.